The molecule has 2 amide bonds. The van der Waals surface area contributed by atoms with Crippen LogP contribution in [-0.4, -0.2) is 25.2 Å². The molecular weight excluding hydrogens is 411 g/mol. The Labute approximate surface area is 146 Å². The van der Waals surface area contributed by atoms with E-state index < -0.39 is 0 Å². The monoisotopic (exact) mass is 424 g/mol. The van der Waals surface area contributed by atoms with Gasteiger partial charge >= 0.3 is 0 Å². The number of hydrogen-bond donors (Lipinski definition) is 2. The van der Waals surface area contributed by atoms with Crippen molar-refractivity contribution in [1.82, 2.24) is 5.32 Å². The molecule has 1 aliphatic rings. The molecule has 2 aromatic carbocycles. The van der Waals surface area contributed by atoms with Gasteiger partial charge in [-0.2, -0.15) is 0 Å². The summed E-state index contributed by atoms with van der Waals surface area (Å²) in [5.41, 5.74) is 1.10. The van der Waals surface area contributed by atoms with E-state index in [0.717, 1.165) is 3.57 Å². The Bertz CT molecular complexity index is 746. The normalized spacial score (nSPS) is 11.9. The Morgan fingerprint density at radius 3 is 2.57 bits per heavy atom. The molecule has 0 fully saturated rings. The summed E-state index contributed by atoms with van der Waals surface area (Å²) in [5.74, 6) is 0.500. The van der Waals surface area contributed by atoms with Gasteiger partial charge in [0.05, 0.1) is 6.54 Å². The lowest BCUT2D eigenvalue weighted by atomic mass is 10.2. The zero-order valence-electron chi connectivity index (χ0n) is 12.0. The molecular formula is C16H13IN2O4. The van der Waals surface area contributed by atoms with E-state index in [1.807, 2.05) is 12.1 Å². The molecule has 0 atom stereocenters. The lowest BCUT2D eigenvalue weighted by molar-refractivity contribution is -0.115. The average molecular weight is 424 g/mol. The molecule has 0 saturated heterocycles. The zero-order valence-corrected chi connectivity index (χ0v) is 14.1. The number of amides is 2. The van der Waals surface area contributed by atoms with Gasteiger partial charge in [-0.3, -0.25) is 9.59 Å². The first kappa shape index (κ1) is 15.6. The highest BCUT2D eigenvalue weighted by atomic mass is 127. The molecule has 3 rings (SSSR count). The van der Waals surface area contributed by atoms with Crippen molar-refractivity contribution in [3.8, 4) is 11.5 Å². The first-order chi connectivity index (χ1) is 11.1. The molecule has 0 radical (unpaired) electrons. The molecule has 0 bridgehead atoms. The Morgan fingerprint density at radius 1 is 1.04 bits per heavy atom. The van der Waals surface area contributed by atoms with Crippen molar-refractivity contribution >= 4 is 40.1 Å². The summed E-state index contributed by atoms with van der Waals surface area (Å²) >= 11 is 2.19. The summed E-state index contributed by atoms with van der Waals surface area (Å²) < 4.78 is 11.5. The van der Waals surface area contributed by atoms with Gasteiger partial charge in [-0.05, 0) is 65.1 Å². The third-order valence-electron chi connectivity index (χ3n) is 3.17. The van der Waals surface area contributed by atoms with Crippen LogP contribution >= 0.6 is 22.6 Å². The van der Waals surface area contributed by atoms with Crippen LogP contribution < -0.4 is 20.1 Å². The third kappa shape index (κ3) is 3.92. The fourth-order valence-corrected chi connectivity index (χ4v) is 2.40. The minimum Gasteiger partial charge on any atom is -0.454 e. The number of anilines is 1. The molecule has 118 valence electrons. The van der Waals surface area contributed by atoms with Gasteiger partial charge in [0, 0.05) is 14.8 Å². The van der Waals surface area contributed by atoms with Crippen LogP contribution in [-0.2, 0) is 4.79 Å². The maximum absolute atomic E-state index is 12.1. The van der Waals surface area contributed by atoms with Crippen LogP contribution in [0, 0.1) is 3.57 Å². The number of ether oxygens (including phenoxy) is 2. The van der Waals surface area contributed by atoms with E-state index in [4.69, 9.17) is 9.47 Å². The number of nitrogens with one attached hydrogen (secondary N) is 2. The second-order valence-electron chi connectivity index (χ2n) is 4.81. The van der Waals surface area contributed by atoms with Crippen molar-refractivity contribution in [2.75, 3.05) is 18.7 Å². The van der Waals surface area contributed by atoms with Crippen LogP contribution in [0.25, 0.3) is 0 Å². The maximum Gasteiger partial charge on any atom is 0.251 e. The lowest BCUT2D eigenvalue weighted by Gasteiger charge is -2.07. The van der Waals surface area contributed by atoms with Crippen LogP contribution in [0.5, 0.6) is 11.5 Å². The summed E-state index contributed by atoms with van der Waals surface area (Å²) in [6, 6.07) is 12.3. The highest BCUT2D eigenvalue weighted by Crippen LogP contribution is 2.32. The first-order valence-electron chi connectivity index (χ1n) is 6.85. The largest absolute Gasteiger partial charge is 0.454 e. The minimum absolute atomic E-state index is 0.112. The van der Waals surface area contributed by atoms with Gasteiger partial charge in [-0.15, -0.1) is 0 Å². The Hall–Kier alpha value is -2.29. The van der Waals surface area contributed by atoms with Crippen molar-refractivity contribution in [2.24, 2.45) is 0 Å². The molecule has 1 heterocycles. The first-order valence-corrected chi connectivity index (χ1v) is 7.93. The standard InChI is InChI=1S/C16H13IN2O4/c17-11-2-4-12(5-3-11)19-15(20)8-18-16(21)10-1-6-13-14(7-10)23-9-22-13/h1-7H,8-9H2,(H,18,21)(H,19,20). The predicted molar refractivity (Wildman–Crippen MR) is 92.7 cm³/mol. The van der Waals surface area contributed by atoms with Gasteiger partial charge in [0.1, 0.15) is 0 Å². The molecule has 6 nitrogen and oxygen atoms in total. The lowest BCUT2D eigenvalue weighted by Crippen LogP contribution is -2.32. The highest BCUT2D eigenvalue weighted by Gasteiger charge is 2.16. The maximum atomic E-state index is 12.1. The number of carbonyl (C=O) groups is 2. The Kier molecular flexibility index (Phi) is 4.65. The van der Waals surface area contributed by atoms with Gasteiger partial charge in [-0.25, -0.2) is 0 Å². The van der Waals surface area contributed by atoms with Crippen LogP contribution in [0.3, 0.4) is 0 Å². The number of rotatable bonds is 4. The number of hydrogen-bond acceptors (Lipinski definition) is 4. The molecule has 0 aromatic heterocycles. The summed E-state index contributed by atoms with van der Waals surface area (Å²) in [5, 5.41) is 5.29. The summed E-state index contributed by atoms with van der Waals surface area (Å²) in [4.78, 5) is 23.9. The van der Waals surface area contributed by atoms with E-state index >= 15 is 0 Å². The molecule has 2 aromatic rings. The van der Waals surface area contributed by atoms with Crippen LogP contribution in [0.1, 0.15) is 10.4 Å². The van der Waals surface area contributed by atoms with Crippen LogP contribution in [0.15, 0.2) is 42.5 Å². The predicted octanol–water partition coefficient (Wildman–Crippen LogP) is 2.39. The van der Waals surface area contributed by atoms with Gasteiger partial charge in [0.2, 0.25) is 12.7 Å². The van der Waals surface area contributed by atoms with Gasteiger partial charge in [0.15, 0.2) is 11.5 Å². The van der Waals surface area contributed by atoms with Crippen LogP contribution in [0.2, 0.25) is 0 Å². The Balaban J connectivity index is 1.54. The molecule has 7 heteroatoms. The van der Waals surface area contributed by atoms with E-state index in [9.17, 15) is 9.59 Å². The zero-order chi connectivity index (χ0) is 16.2. The quantitative estimate of drug-likeness (QED) is 0.740. The summed E-state index contributed by atoms with van der Waals surface area (Å²) in [6.45, 7) is 0.0398. The topological polar surface area (TPSA) is 76.7 Å². The Morgan fingerprint density at radius 2 is 1.78 bits per heavy atom. The molecule has 0 saturated carbocycles. The fourth-order valence-electron chi connectivity index (χ4n) is 2.04. The minimum atomic E-state index is -0.346. The molecule has 23 heavy (non-hydrogen) atoms. The molecule has 0 aliphatic carbocycles. The van der Waals surface area contributed by atoms with Crippen molar-refractivity contribution in [3.63, 3.8) is 0 Å². The van der Waals surface area contributed by atoms with E-state index in [0.29, 0.717) is 22.7 Å². The van der Waals surface area contributed by atoms with Crippen molar-refractivity contribution in [1.29, 1.82) is 0 Å². The third-order valence-corrected chi connectivity index (χ3v) is 3.89. The average Bonchev–Trinajstić information content (AvgIpc) is 3.02. The SMILES string of the molecule is O=C(CNC(=O)c1ccc2c(c1)OCO2)Nc1ccc(I)cc1. The smallest absolute Gasteiger partial charge is 0.251 e. The van der Waals surface area contributed by atoms with E-state index in [-0.39, 0.29) is 25.2 Å². The van der Waals surface area contributed by atoms with Gasteiger partial charge < -0.3 is 20.1 Å². The highest BCUT2D eigenvalue weighted by molar-refractivity contribution is 14.1. The molecule has 0 spiro atoms. The van der Waals surface area contributed by atoms with E-state index in [1.165, 1.54) is 0 Å². The van der Waals surface area contributed by atoms with Crippen molar-refractivity contribution in [3.05, 3.63) is 51.6 Å². The van der Waals surface area contributed by atoms with Crippen LogP contribution in [0.4, 0.5) is 5.69 Å². The van der Waals surface area contributed by atoms with Gasteiger partial charge in [0.25, 0.3) is 5.91 Å². The molecule has 0 unspecified atom stereocenters. The number of benzene rings is 2. The fraction of sp³-hybridized carbons (Fsp3) is 0.125. The van der Waals surface area contributed by atoms with E-state index in [2.05, 4.69) is 33.2 Å². The second-order valence-corrected chi connectivity index (χ2v) is 6.05. The summed E-state index contributed by atoms with van der Waals surface area (Å²) in [6.07, 6.45) is 0. The number of halogens is 1. The second kappa shape index (κ2) is 6.86. The molecule has 2 N–H and O–H groups in total. The number of fused-ring (bicyclic) bond motifs is 1. The number of carbonyl (C=O) groups excluding carboxylic acids is 2. The molecule has 1 aliphatic heterocycles. The van der Waals surface area contributed by atoms with E-state index in [1.54, 1.807) is 30.3 Å². The van der Waals surface area contributed by atoms with Crippen molar-refractivity contribution in [2.45, 2.75) is 0 Å². The van der Waals surface area contributed by atoms with Crippen molar-refractivity contribution < 1.29 is 19.1 Å². The van der Waals surface area contributed by atoms with Gasteiger partial charge in [-0.1, -0.05) is 0 Å². The summed E-state index contributed by atoms with van der Waals surface area (Å²) in [7, 11) is 0.